The SMILES string of the molecule is O=C(COC(=O)CNC(=O)c1ccccc1)Nc1c(Cl)cccc1Cl. The minimum atomic E-state index is -0.746. The van der Waals surface area contributed by atoms with Gasteiger partial charge in [-0.05, 0) is 24.3 Å². The molecule has 130 valence electrons. The van der Waals surface area contributed by atoms with E-state index in [9.17, 15) is 14.4 Å². The Labute approximate surface area is 154 Å². The summed E-state index contributed by atoms with van der Waals surface area (Å²) in [7, 11) is 0. The zero-order valence-electron chi connectivity index (χ0n) is 12.9. The molecule has 0 aliphatic heterocycles. The molecule has 2 rings (SSSR count). The van der Waals surface area contributed by atoms with Gasteiger partial charge in [-0.15, -0.1) is 0 Å². The van der Waals surface area contributed by atoms with E-state index in [-0.39, 0.29) is 22.3 Å². The first kappa shape index (κ1) is 18.8. The third kappa shape index (κ3) is 5.77. The van der Waals surface area contributed by atoms with E-state index in [4.69, 9.17) is 27.9 Å². The zero-order valence-corrected chi connectivity index (χ0v) is 14.4. The van der Waals surface area contributed by atoms with Gasteiger partial charge in [0.1, 0.15) is 6.54 Å². The van der Waals surface area contributed by atoms with E-state index < -0.39 is 24.4 Å². The fourth-order valence-corrected chi connectivity index (χ4v) is 2.33. The third-order valence-corrected chi connectivity index (χ3v) is 3.65. The van der Waals surface area contributed by atoms with Crippen LogP contribution in [-0.2, 0) is 14.3 Å². The molecule has 0 aromatic heterocycles. The summed E-state index contributed by atoms with van der Waals surface area (Å²) < 4.78 is 4.79. The van der Waals surface area contributed by atoms with Crippen molar-refractivity contribution in [3.05, 3.63) is 64.1 Å². The zero-order chi connectivity index (χ0) is 18.2. The van der Waals surface area contributed by atoms with Gasteiger partial charge in [-0.3, -0.25) is 14.4 Å². The van der Waals surface area contributed by atoms with Gasteiger partial charge in [-0.1, -0.05) is 47.5 Å². The topological polar surface area (TPSA) is 84.5 Å². The Hall–Kier alpha value is -2.57. The first-order chi connectivity index (χ1) is 12.0. The van der Waals surface area contributed by atoms with Crippen molar-refractivity contribution in [1.29, 1.82) is 0 Å². The molecule has 0 saturated carbocycles. The average Bonchev–Trinajstić information content (AvgIpc) is 2.62. The van der Waals surface area contributed by atoms with Gasteiger partial charge >= 0.3 is 5.97 Å². The predicted molar refractivity (Wildman–Crippen MR) is 94.8 cm³/mol. The van der Waals surface area contributed by atoms with Gasteiger partial charge in [0.2, 0.25) is 0 Å². The second-order valence-corrected chi connectivity index (χ2v) is 5.67. The van der Waals surface area contributed by atoms with Crippen LogP contribution in [0.5, 0.6) is 0 Å². The first-order valence-electron chi connectivity index (χ1n) is 7.20. The second kappa shape index (κ2) is 9.05. The van der Waals surface area contributed by atoms with E-state index in [0.29, 0.717) is 5.56 Å². The number of anilines is 1. The molecule has 0 heterocycles. The van der Waals surface area contributed by atoms with Crippen molar-refractivity contribution >= 4 is 46.7 Å². The van der Waals surface area contributed by atoms with Gasteiger partial charge in [-0.2, -0.15) is 0 Å². The fraction of sp³-hybridized carbons (Fsp3) is 0.118. The number of hydrogen-bond donors (Lipinski definition) is 2. The number of para-hydroxylation sites is 1. The van der Waals surface area contributed by atoms with E-state index >= 15 is 0 Å². The van der Waals surface area contributed by atoms with Crippen LogP contribution in [0.25, 0.3) is 0 Å². The highest BCUT2D eigenvalue weighted by molar-refractivity contribution is 6.39. The van der Waals surface area contributed by atoms with Gasteiger partial charge < -0.3 is 15.4 Å². The highest BCUT2D eigenvalue weighted by atomic mass is 35.5. The molecule has 6 nitrogen and oxygen atoms in total. The summed E-state index contributed by atoms with van der Waals surface area (Å²) in [5.74, 6) is -1.76. The summed E-state index contributed by atoms with van der Waals surface area (Å²) >= 11 is 11.8. The van der Waals surface area contributed by atoms with Crippen LogP contribution in [0.2, 0.25) is 10.0 Å². The summed E-state index contributed by atoms with van der Waals surface area (Å²) in [4.78, 5) is 35.2. The van der Waals surface area contributed by atoms with Crippen molar-refractivity contribution in [2.24, 2.45) is 0 Å². The number of nitrogens with one attached hydrogen (secondary N) is 2. The van der Waals surface area contributed by atoms with E-state index in [2.05, 4.69) is 10.6 Å². The van der Waals surface area contributed by atoms with Gasteiger partial charge in [0.15, 0.2) is 6.61 Å². The van der Waals surface area contributed by atoms with Gasteiger partial charge in [0, 0.05) is 5.56 Å². The molecule has 0 spiro atoms. The maximum atomic E-state index is 11.8. The number of rotatable bonds is 6. The molecular weight excluding hydrogens is 367 g/mol. The Morgan fingerprint density at radius 2 is 1.56 bits per heavy atom. The molecule has 8 heteroatoms. The van der Waals surface area contributed by atoms with Crippen LogP contribution in [0.15, 0.2) is 48.5 Å². The monoisotopic (exact) mass is 380 g/mol. The predicted octanol–water partition coefficient (Wildman–Crippen LogP) is 2.91. The molecule has 0 saturated heterocycles. The van der Waals surface area contributed by atoms with Gasteiger partial charge in [0.25, 0.3) is 11.8 Å². The molecule has 25 heavy (non-hydrogen) atoms. The lowest BCUT2D eigenvalue weighted by Gasteiger charge is -2.10. The van der Waals surface area contributed by atoms with Crippen LogP contribution in [0.4, 0.5) is 5.69 Å². The molecule has 0 aliphatic carbocycles. The molecular formula is C17H14Cl2N2O4. The highest BCUT2D eigenvalue weighted by Gasteiger charge is 2.13. The van der Waals surface area contributed by atoms with Gasteiger partial charge in [0.05, 0.1) is 15.7 Å². The number of ether oxygens (including phenoxy) is 1. The maximum absolute atomic E-state index is 11.8. The summed E-state index contributed by atoms with van der Waals surface area (Å²) in [5, 5.41) is 5.39. The van der Waals surface area contributed by atoms with Crippen LogP contribution < -0.4 is 10.6 Å². The van der Waals surface area contributed by atoms with Crippen LogP contribution in [0.1, 0.15) is 10.4 Å². The van der Waals surface area contributed by atoms with Crippen molar-refractivity contribution in [2.45, 2.75) is 0 Å². The second-order valence-electron chi connectivity index (χ2n) is 4.85. The number of halogens is 2. The van der Waals surface area contributed by atoms with Crippen LogP contribution in [0, 0.1) is 0 Å². The molecule has 0 atom stereocenters. The van der Waals surface area contributed by atoms with Crippen LogP contribution in [-0.4, -0.2) is 30.9 Å². The Morgan fingerprint density at radius 3 is 2.20 bits per heavy atom. The third-order valence-electron chi connectivity index (χ3n) is 3.02. The molecule has 2 aromatic carbocycles. The van der Waals surface area contributed by atoms with Crippen molar-refractivity contribution in [3.63, 3.8) is 0 Å². The average molecular weight is 381 g/mol. The number of esters is 1. The quantitative estimate of drug-likeness (QED) is 0.754. The van der Waals surface area contributed by atoms with E-state index in [1.165, 1.54) is 0 Å². The van der Waals surface area contributed by atoms with Crippen molar-refractivity contribution in [1.82, 2.24) is 5.32 Å². The lowest BCUT2D eigenvalue weighted by atomic mass is 10.2. The Bertz CT molecular complexity index is 761. The number of benzene rings is 2. The molecule has 0 bridgehead atoms. The smallest absolute Gasteiger partial charge is 0.325 e. The number of carbonyl (C=O) groups is 3. The van der Waals surface area contributed by atoms with E-state index in [1.807, 2.05) is 0 Å². The molecule has 0 radical (unpaired) electrons. The Morgan fingerprint density at radius 1 is 0.920 bits per heavy atom. The van der Waals surface area contributed by atoms with E-state index in [1.54, 1.807) is 48.5 Å². The largest absolute Gasteiger partial charge is 0.454 e. The first-order valence-corrected chi connectivity index (χ1v) is 7.95. The summed E-state index contributed by atoms with van der Waals surface area (Å²) in [5.41, 5.74) is 0.658. The lowest BCUT2D eigenvalue weighted by Crippen LogP contribution is -2.32. The van der Waals surface area contributed by atoms with Crippen LogP contribution in [0.3, 0.4) is 0 Å². The molecule has 0 unspecified atom stereocenters. The molecule has 0 fully saturated rings. The van der Waals surface area contributed by atoms with Crippen LogP contribution >= 0.6 is 23.2 Å². The van der Waals surface area contributed by atoms with Crippen molar-refractivity contribution in [2.75, 3.05) is 18.5 Å². The van der Waals surface area contributed by atoms with E-state index in [0.717, 1.165) is 0 Å². The minimum absolute atomic E-state index is 0.240. The number of amides is 2. The number of hydrogen-bond acceptors (Lipinski definition) is 4. The Kier molecular flexibility index (Phi) is 6.80. The molecule has 2 aromatic rings. The highest BCUT2D eigenvalue weighted by Crippen LogP contribution is 2.29. The molecule has 2 N–H and O–H groups in total. The van der Waals surface area contributed by atoms with Crippen molar-refractivity contribution < 1.29 is 19.1 Å². The Balaban J connectivity index is 1.76. The molecule has 0 aliphatic rings. The fourth-order valence-electron chi connectivity index (χ4n) is 1.83. The number of carbonyl (C=O) groups excluding carboxylic acids is 3. The molecule has 2 amide bonds. The standard InChI is InChI=1S/C17H14Cl2N2O4/c18-12-7-4-8-13(19)16(12)21-14(22)10-25-15(23)9-20-17(24)11-5-2-1-3-6-11/h1-8H,9-10H2,(H,20,24)(H,21,22). The lowest BCUT2D eigenvalue weighted by molar-refractivity contribution is -0.146. The maximum Gasteiger partial charge on any atom is 0.325 e. The van der Waals surface area contributed by atoms with Gasteiger partial charge in [-0.25, -0.2) is 0 Å². The summed E-state index contributed by atoms with van der Waals surface area (Å²) in [6, 6.07) is 13.2. The summed E-state index contributed by atoms with van der Waals surface area (Å²) in [6.45, 7) is -0.880. The summed E-state index contributed by atoms with van der Waals surface area (Å²) in [6.07, 6.45) is 0. The minimum Gasteiger partial charge on any atom is -0.454 e. The normalized spacial score (nSPS) is 10.0. The van der Waals surface area contributed by atoms with Crippen molar-refractivity contribution in [3.8, 4) is 0 Å².